The molecular weight excluding hydrogens is 385 g/mol. The third kappa shape index (κ3) is 3.02. The van der Waals surface area contributed by atoms with Crippen LogP contribution in [0.5, 0.6) is 0 Å². The first-order valence-electron chi connectivity index (χ1n) is 6.15. The van der Waals surface area contributed by atoms with Crippen LogP contribution in [-0.2, 0) is 6.42 Å². The van der Waals surface area contributed by atoms with E-state index in [2.05, 4.69) is 69.7 Å². The normalized spacial score (nSPS) is 12.9. The number of benzene rings is 1. The predicted octanol–water partition coefficient (Wildman–Crippen LogP) is 5.07. The summed E-state index contributed by atoms with van der Waals surface area (Å²) in [5, 5.41) is 5.61. The van der Waals surface area contributed by atoms with Gasteiger partial charge in [0.25, 0.3) is 0 Å². The molecule has 0 saturated carbocycles. The number of hydrogen-bond acceptors (Lipinski definition) is 3. The Balaban J connectivity index is 1.84. The molecule has 0 fully saturated rings. The predicted molar refractivity (Wildman–Crippen MR) is 94.4 cm³/mol. The van der Waals surface area contributed by atoms with Gasteiger partial charge in [-0.1, -0.05) is 12.1 Å². The van der Waals surface area contributed by atoms with Crippen LogP contribution < -0.4 is 5.32 Å². The lowest BCUT2D eigenvalue weighted by Gasteiger charge is -2.14. The van der Waals surface area contributed by atoms with Crippen molar-refractivity contribution < 1.29 is 0 Å². The summed E-state index contributed by atoms with van der Waals surface area (Å²) in [5.41, 5.74) is 1.39. The van der Waals surface area contributed by atoms with Gasteiger partial charge >= 0.3 is 0 Å². The van der Waals surface area contributed by atoms with Gasteiger partial charge in [0.2, 0.25) is 0 Å². The van der Waals surface area contributed by atoms with Gasteiger partial charge in [-0.2, -0.15) is 0 Å². The van der Waals surface area contributed by atoms with Crippen molar-refractivity contribution in [2.75, 3.05) is 7.05 Å². The van der Waals surface area contributed by atoms with E-state index in [1.165, 1.54) is 23.4 Å². The zero-order valence-electron chi connectivity index (χ0n) is 10.5. The molecule has 1 unspecified atom stereocenters. The molecule has 4 heteroatoms. The summed E-state index contributed by atoms with van der Waals surface area (Å²) in [6.07, 6.45) is 1.04. The van der Waals surface area contributed by atoms with Crippen molar-refractivity contribution in [1.82, 2.24) is 5.32 Å². The number of likely N-dealkylation sites (N-methyl/N-ethyl adjacent to an activating group) is 1. The molecule has 2 heterocycles. The zero-order chi connectivity index (χ0) is 13.2. The Kier molecular flexibility index (Phi) is 4.21. The number of thiophene rings is 2. The third-order valence-electron chi connectivity index (χ3n) is 3.20. The molecule has 1 N–H and O–H groups in total. The largest absolute Gasteiger partial charge is 0.312 e. The molecule has 98 valence electrons. The smallest absolute Gasteiger partial charge is 0.0454 e. The monoisotopic (exact) mass is 399 g/mol. The van der Waals surface area contributed by atoms with Crippen LogP contribution in [0.3, 0.4) is 0 Å². The van der Waals surface area contributed by atoms with Crippen molar-refractivity contribution in [2.24, 2.45) is 0 Å². The molecule has 0 amide bonds. The topological polar surface area (TPSA) is 12.0 Å². The van der Waals surface area contributed by atoms with Crippen molar-refractivity contribution in [2.45, 2.75) is 12.5 Å². The van der Waals surface area contributed by atoms with Crippen molar-refractivity contribution in [1.29, 1.82) is 0 Å². The van der Waals surface area contributed by atoms with Gasteiger partial charge in [0.05, 0.1) is 0 Å². The third-order valence-corrected chi connectivity index (χ3v) is 6.13. The molecule has 3 rings (SSSR count). The average molecular weight is 399 g/mol. The van der Waals surface area contributed by atoms with Crippen LogP contribution >= 0.6 is 45.3 Å². The molecular formula is C15H14INS2. The van der Waals surface area contributed by atoms with Gasteiger partial charge in [-0.05, 0) is 71.3 Å². The lowest BCUT2D eigenvalue weighted by molar-refractivity contribution is 0.602. The molecule has 3 aromatic rings. The van der Waals surface area contributed by atoms with E-state index in [-0.39, 0.29) is 0 Å². The van der Waals surface area contributed by atoms with E-state index in [9.17, 15) is 0 Å². The van der Waals surface area contributed by atoms with Gasteiger partial charge in [-0.3, -0.25) is 0 Å². The lowest BCUT2D eigenvalue weighted by Crippen LogP contribution is -2.17. The fourth-order valence-corrected chi connectivity index (χ4v) is 4.75. The molecule has 0 saturated heterocycles. The molecule has 1 atom stereocenters. The fraction of sp³-hybridized carbons (Fsp3) is 0.200. The number of nitrogens with one attached hydrogen (secondary N) is 1. The summed E-state index contributed by atoms with van der Waals surface area (Å²) in [5.74, 6) is 0. The first-order chi connectivity index (χ1) is 9.26. The van der Waals surface area contributed by atoms with Gasteiger partial charge in [-0.25, -0.2) is 0 Å². The Morgan fingerprint density at radius 2 is 1.95 bits per heavy atom. The summed E-state index contributed by atoms with van der Waals surface area (Å²) in [6.45, 7) is 0. The van der Waals surface area contributed by atoms with Gasteiger partial charge in [0.15, 0.2) is 0 Å². The Morgan fingerprint density at radius 1 is 1.16 bits per heavy atom. The summed E-state index contributed by atoms with van der Waals surface area (Å²) in [6, 6.07) is 13.8. The van der Waals surface area contributed by atoms with E-state index >= 15 is 0 Å². The molecule has 0 aliphatic rings. The second kappa shape index (κ2) is 5.91. The summed E-state index contributed by atoms with van der Waals surface area (Å²) < 4.78 is 4.10. The second-order valence-corrected chi connectivity index (χ2v) is 7.78. The van der Waals surface area contributed by atoms with Crippen LogP contribution in [0.1, 0.15) is 16.5 Å². The minimum absolute atomic E-state index is 0.407. The van der Waals surface area contributed by atoms with Crippen LogP contribution in [0.25, 0.3) is 9.40 Å². The van der Waals surface area contributed by atoms with Crippen LogP contribution in [0.4, 0.5) is 0 Å². The molecule has 0 bridgehead atoms. The van der Waals surface area contributed by atoms with Crippen molar-refractivity contribution in [3.8, 4) is 0 Å². The first-order valence-corrected chi connectivity index (χ1v) is 8.92. The minimum atomic E-state index is 0.407. The van der Waals surface area contributed by atoms with Gasteiger partial charge in [-0.15, -0.1) is 22.7 Å². The summed E-state index contributed by atoms with van der Waals surface area (Å²) >= 11 is 6.08. The Labute approximate surface area is 134 Å². The molecule has 0 aliphatic carbocycles. The minimum Gasteiger partial charge on any atom is -0.312 e. The highest BCUT2D eigenvalue weighted by Gasteiger charge is 2.14. The van der Waals surface area contributed by atoms with Crippen LogP contribution in [0, 0.1) is 3.57 Å². The fourth-order valence-electron chi connectivity index (χ4n) is 2.16. The van der Waals surface area contributed by atoms with E-state index in [1.54, 1.807) is 0 Å². The number of hydrogen-bond donors (Lipinski definition) is 1. The number of fused-ring (bicyclic) bond motifs is 1. The molecule has 1 aromatic carbocycles. The van der Waals surface area contributed by atoms with E-state index < -0.39 is 0 Å². The quantitative estimate of drug-likeness (QED) is 0.604. The molecule has 19 heavy (non-hydrogen) atoms. The van der Waals surface area contributed by atoms with Gasteiger partial charge < -0.3 is 5.32 Å². The molecule has 2 aromatic heterocycles. The number of halogens is 1. The average Bonchev–Trinajstić information content (AvgIpc) is 2.99. The Morgan fingerprint density at radius 3 is 2.63 bits per heavy atom. The Bertz CT molecular complexity index is 640. The van der Waals surface area contributed by atoms with E-state index in [0.29, 0.717) is 6.04 Å². The molecule has 0 aliphatic heterocycles. The second-order valence-electron chi connectivity index (χ2n) is 4.47. The lowest BCUT2D eigenvalue weighted by atomic mass is 10.1. The van der Waals surface area contributed by atoms with Crippen LogP contribution in [0.2, 0.25) is 0 Å². The maximum absolute atomic E-state index is 3.45. The summed E-state index contributed by atoms with van der Waals surface area (Å²) in [7, 11) is 2.05. The first kappa shape index (κ1) is 13.5. The maximum Gasteiger partial charge on any atom is 0.0454 e. The maximum atomic E-state index is 3.45. The standard InChI is InChI=1S/C15H14INS2/c1-17-12(8-10-2-4-11(16)5-3-10)14-9-15-13(19-14)6-7-18-15/h2-7,9,12,17H,8H2,1H3. The molecule has 1 nitrogen and oxygen atoms in total. The van der Waals surface area contributed by atoms with Crippen molar-refractivity contribution in [3.05, 3.63) is 55.8 Å². The van der Waals surface area contributed by atoms with Gasteiger partial charge in [0, 0.05) is 23.9 Å². The van der Waals surface area contributed by atoms with Crippen molar-refractivity contribution in [3.63, 3.8) is 0 Å². The number of rotatable bonds is 4. The van der Waals surface area contributed by atoms with Crippen LogP contribution in [0.15, 0.2) is 41.8 Å². The highest BCUT2D eigenvalue weighted by molar-refractivity contribution is 14.1. The summed E-state index contributed by atoms with van der Waals surface area (Å²) in [4.78, 5) is 1.43. The van der Waals surface area contributed by atoms with E-state index in [4.69, 9.17) is 0 Å². The Hall–Kier alpha value is -0.430. The molecule has 0 spiro atoms. The SMILES string of the molecule is CNC(Cc1ccc(I)cc1)c1cc2sccc2s1. The van der Waals surface area contributed by atoms with E-state index in [0.717, 1.165) is 6.42 Å². The van der Waals surface area contributed by atoms with Crippen molar-refractivity contribution >= 4 is 54.7 Å². The van der Waals surface area contributed by atoms with E-state index in [1.807, 2.05) is 29.7 Å². The molecule has 0 radical (unpaired) electrons. The highest BCUT2D eigenvalue weighted by Crippen LogP contribution is 2.34. The van der Waals surface area contributed by atoms with Gasteiger partial charge in [0.1, 0.15) is 0 Å². The zero-order valence-corrected chi connectivity index (χ0v) is 14.3. The van der Waals surface area contributed by atoms with Crippen LogP contribution in [-0.4, -0.2) is 7.05 Å². The highest BCUT2D eigenvalue weighted by atomic mass is 127.